The fourth-order valence-corrected chi connectivity index (χ4v) is 2.87. The van der Waals surface area contributed by atoms with E-state index in [1.54, 1.807) is 0 Å². The second kappa shape index (κ2) is 6.25. The molecule has 0 bridgehead atoms. The average molecular weight is 297 g/mol. The van der Waals surface area contributed by atoms with Crippen molar-refractivity contribution >= 4 is 22.4 Å². The topological polar surface area (TPSA) is 24.9 Å². The Balaban J connectivity index is 2.16. The number of nitrogens with one attached hydrogen (secondary N) is 1. The second-order valence-electron chi connectivity index (χ2n) is 5.00. The number of hydrogen-bond acceptors (Lipinski definition) is 2. The molecule has 1 atom stereocenters. The minimum absolute atomic E-state index is 0.0901. The summed E-state index contributed by atoms with van der Waals surface area (Å²) in [6.07, 6.45) is 3.84. The zero-order chi connectivity index (χ0) is 14.7. The van der Waals surface area contributed by atoms with E-state index in [1.165, 1.54) is 10.9 Å². The molecule has 0 amide bonds. The summed E-state index contributed by atoms with van der Waals surface area (Å²) in [5, 5.41) is 6.66. The lowest BCUT2D eigenvalue weighted by atomic mass is 9.95. The van der Waals surface area contributed by atoms with Crippen molar-refractivity contribution in [1.82, 2.24) is 10.3 Å². The minimum Gasteiger partial charge on any atom is -0.306 e. The van der Waals surface area contributed by atoms with Gasteiger partial charge in [0.15, 0.2) is 0 Å². The quantitative estimate of drug-likeness (QED) is 0.762. The summed E-state index contributed by atoms with van der Waals surface area (Å²) >= 11 is 6.15. The highest BCUT2D eigenvalue weighted by Crippen LogP contribution is 2.29. The van der Waals surface area contributed by atoms with Crippen LogP contribution in [-0.4, -0.2) is 11.5 Å². The Hall–Kier alpha value is -1.90. The average Bonchev–Trinajstić information content (AvgIpc) is 2.52. The van der Waals surface area contributed by atoms with E-state index in [0.29, 0.717) is 0 Å². The van der Waals surface area contributed by atoms with Crippen LogP contribution in [0.2, 0.25) is 5.02 Å². The van der Waals surface area contributed by atoms with Crippen LogP contribution in [0.3, 0.4) is 0 Å². The molecule has 0 fully saturated rings. The third kappa shape index (κ3) is 2.92. The maximum absolute atomic E-state index is 6.15. The molecule has 3 rings (SSSR count). The van der Waals surface area contributed by atoms with Gasteiger partial charge in [0.2, 0.25) is 0 Å². The molecule has 1 aromatic heterocycles. The second-order valence-corrected chi connectivity index (χ2v) is 5.43. The normalized spacial score (nSPS) is 12.5. The zero-order valence-corrected chi connectivity index (χ0v) is 12.6. The lowest BCUT2D eigenvalue weighted by Gasteiger charge is -2.20. The van der Waals surface area contributed by atoms with Gasteiger partial charge in [0, 0.05) is 22.8 Å². The van der Waals surface area contributed by atoms with Crippen LogP contribution >= 0.6 is 11.6 Å². The van der Waals surface area contributed by atoms with Crippen LogP contribution in [0.1, 0.15) is 24.1 Å². The maximum Gasteiger partial charge on any atom is 0.0598 e. The van der Waals surface area contributed by atoms with Gasteiger partial charge in [-0.25, -0.2) is 0 Å². The molecule has 2 nitrogen and oxygen atoms in total. The van der Waals surface area contributed by atoms with Gasteiger partial charge in [-0.1, -0.05) is 54.9 Å². The van der Waals surface area contributed by atoms with Crippen molar-refractivity contribution in [3.8, 4) is 0 Å². The van der Waals surface area contributed by atoms with Crippen LogP contribution < -0.4 is 5.32 Å². The summed E-state index contributed by atoms with van der Waals surface area (Å²) in [7, 11) is 0. The van der Waals surface area contributed by atoms with E-state index in [9.17, 15) is 0 Å². The lowest BCUT2D eigenvalue weighted by molar-refractivity contribution is 0.633. The molecule has 1 heterocycles. The molecule has 0 saturated heterocycles. The van der Waals surface area contributed by atoms with Gasteiger partial charge in [-0.3, -0.25) is 4.98 Å². The number of halogens is 1. The largest absolute Gasteiger partial charge is 0.306 e. The molecule has 1 unspecified atom stereocenters. The molecular weight excluding hydrogens is 280 g/mol. The molecule has 21 heavy (non-hydrogen) atoms. The number of fused-ring (bicyclic) bond motifs is 1. The molecule has 0 saturated carbocycles. The van der Waals surface area contributed by atoms with Crippen molar-refractivity contribution < 1.29 is 0 Å². The lowest BCUT2D eigenvalue weighted by Crippen LogP contribution is -2.22. The summed E-state index contributed by atoms with van der Waals surface area (Å²) in [6, 6.07) is 16.4. The number of nitrogens with zero attached hydrogens (tertiary/aromatic N) is 1. The van der Waals surface area contributed by atoms with E-state index in [0.717, 1.165) is 22.5 Å². The van der Waals surface area contributed by atoms with Crippen molar-refractivity contribution in [2.24, 2.45) is 0 Å². The molecule has 2 aromatic carbocycles. The maximum atomic E-state index is 6.15. The Bertz CT molecular complexity index is 750. The summed E-state index contributed by atoms with van der Waals surface area (Å²) in [6.45, 7) is 2.98. The van der Waals surface area contributed by atoms with Crippen LogP contribution in [0, 0.1) is 0 Å². The highest BCUT2D eigenvalue weighted by atomic mass is 35.5. The van der Waals surface area contributed by atoms with E-state index in [-0.39, 0.29) is 6.04 Å². The number of rotatable bonds is 4. The molecule has 0 spiro atoms. The smallest absolute Gasteiger partial charge is 0.0598 e. The first kappa shape index (κ1) is 14.1. The van der Waals surface area contributed by atoms with Crippen LogP contribution in [0.5, 0.6) is 0 Å². The van der Waals surface area contributed by atoms with Crippen molar-refractivity contribution in [2.75, 3.05) is 6.54 Å². The van der Waals surface area contributed by atoms with Crippen LogP contribution in [0.4, 0.5) is 0 Å². The first-order chi connectivity index (χ1) is 10.3. The van der Waals surface area contributed by atoms with Crippen molar-refractivity contribution in [1.29, 1.82) is 0 Å². The van der Waals surface area contributed by atoms with Gasteiger partial charge in [-0.05, 0) is 35.2 Å². The number of hydrogen-bond donors (Lipinski definition) is 1. The van der Waals surface area contributed by atoms with E-state index in [1.807, 2.05) is 36.7 Å². The Morgan fingerprint density at radius 3 is 2.76 bits per heavy atom. The van der Waals surface area contributed by atoms with Gasteiger partial charge in [-0.2, -0.15) is 0 Å². The molecule has 0 aliphatic heterocycles. The SMILES string of the molecule is CCNC(c1cccc(Cl)c1)c1cncc2ccccc12. The Morgan fingerprint density at radius 1 is 1.10 bits per heavy atom. The third-order valence-electron chi connectivity index (χ3n) is 3.60. The predicted molar refractivity (Wildman–Crippen MR) is 88.7 cm³/mol. The monoisotopic (exact) mass is 296 g/mol. The number of aromatic nitrogens is 1. The van der Waals surface area contributed by atoms with Crippen LogP contribution in [-0.2, 0) is 0 Å². The van der Waals surface area contributed by atoms with E-state index in [4.69, 9.17) is 11.6 Å². The number of benzene rings is 2. The van der Waals surface area contributed by atoms with Gasteiger partial charge in [0.1, 0.15) is 0 Å². The fourth-order valence-electron chi connectivity index (χ4n) is 2.67. The standard InChI is InChI=1S/C18H17ClN2/c1-2-21-18(13-7-5-8-15(19)10-13)17-12-20-11-14-6-3-4-9-16(14)17/h3-12,18,21H,2H2,1H3. The highest BCUT2D eigenvalue weighted by Gasteiger charge is 2.16. The van der Waals surface area contributed by atoms with Crippen molar-refractivity contribution in [3.05, 3.63) is 77.1 Å². The summed E-state index contributed by atoms with van der Waals surface area (Å²) in [4.78, 5) is 4.39. The number of pyridine rings is 1. The minimum atomic E-state index is 0.0901. The van der Waals surface area contributed by atoms with Crippen molar-refractivity contribution in [2.45, 2.75) is 13.0 Å². The molecule has 106 valence electrons. The van der Waals surface area contributed by atoms with Gasteiger partial charge in [0.25, 0.3) is 0 Å². The van der Waals surface area contributed by atoms with Crippen LogP contribution in [0.15, 0.2) is 60.9 Å². The van der Waals surface area contributed by atoms with Crippen LogP contribution in [0.25, 0.3) is 10.8 Å². The van der Waals surface area contributed by atoms with E-state index in [2.05, 4.69) is 41.5 Å². The van der Waals surface area contributed by atoms with E-state index < -0.39 is 0 Å². The summed E-state index contributed by atoms with van der Waals surface area (Å²) < 4.78 is 0. The van der Waals surface area contributed by atoms with Gasteiger partial charge >= 0.3 is 0 Å². The van der Waals surface area contributed by atoms with E-state index >= 15 is 0 Å². The van der Waals surface area contributed by atoms with Gasteiger partial charge < -0.3 is 5.32 Å². The molecule has 0 aliphatic rings. The first-order valence-electron chi connectivity index (χ1n) is 7.11. The Morgan fingerprint density at radius 2 is 1.95 bits per heavy atom. The highest BCUT2D eigenvalue weighted by molar-refractivity contribution is 6.30. The van der Waals surface area contributed by atoms with Gasteiger partial charge in [-0.15, -0.1) is 0 Å². The molecule has 1 N–H and O–H groups in total. The molecule has 3 heteroatoms. The predicted octanol–water partition coefficient (Wildman–Crippen LogP) is 4.59. The Kier molecular flexibility index (Phi) is 4.18. The zero-order valence-electron chi connectivity index (χ0n) is 11.9. The van der Waals surface area contributed by atoms with Gasteiger partial charge in [0.05, 0.1) is 6.04 Å². The first-order valence-corrected chi connectivity index (χ1v) is 7.49. The Labute approximate surface area is 129 Å². The molecular formula is C18H17ClN2. The fraction of sp³-hybridized carbons (Fsp3) is 0.167. The molecule has 3 aromatic rings. The molecule has 0 aliphatic carbocycles. The molecule has 0 radical (unpaired) electrons. The third-order valence-corrected chi connectivity index (χ3v) is 3.84. The summed E-state index contributed by atoms with van der Waals surface area (Å²) in [5.74, 6) is 0. The van der Waals surface area contributed by atoms with Crippen molar-refractivity contribution in [3.63, 3.8) is 0 Å². The summed E-state index contributed by atoms with van der Waals surface area (Å²) in [5.41, 5.74) is 2.33.